The van der Waals surface area contributed by atoms with Crippen LogP contribution in [0, 0.1) is 0 Å². The van der Waals surface area contributed by atoms with Crippen molar-refractivity contribution in [3.8, 4) is 17.1 Å². The van der Waals surface area contributed by atoms with Crippen molar-refractivity contribution in [1.29, 1.82) is 0 Å². The van der Waals surface area contributed by atoms with Crippen LogP contribution in [0.15, 0.2) is 97.1 Å². The molecule has 0 saturated carbocycles. The standard InChI is InChI=1S/C29H23N3O3/c1-34-29(33)21-12-10-19(11-13-21)18-35-22-16-14-20(15-17-22)27-30-24-7-3-2-6-23(24)28-31-25-8-4-5-9-26(25)32(27)28/h2-17,27,30H,18H2,1H3. The lowest BCUT2D eigenvalue weighted by Crippen LogP contribution is -2.24. The number of anilines is 1. The van der Waals surface area contributed by atoms with Crippen LogP contribution in [0.5, 0.6) is 5.75 Å². The van der Waals surface area contributed by atoms with E-state index in [0.29, 0.717) is 12.2 Å². The molecule has 1 aliphatic rings. The first-order valence-electron chi connectivity index (χ1n) is 11.4. The van der Waals surface area contributed by atoms with Gasteiger partial charge in [0.1, 0.15) is 24.3 Å². The lowest BCUT2D eigenvalue weighted by atomic mass is 10.1. The lowest BCUT2D eigenvalue weighted by molar-refractivity contribution is 0.0600. The van der Waals surface area contributed by atoms with Gasteiger partial charge in [-0.1, -0.05) is 48.5 Å². The maximum absolute atomic E-state index is 11.6. The Labute approximate surface area is 202 Å². The Hall–Kier alpha value is -4.58. The van der Waals surface area contributed by atoms with Gasteiger partial charge in [0.25, 0.3) is 0 Å². The zero-order valence-electron chi connectivity index (χ0n) is 19.1. The number of hydrogen-bond acceptors (Lipinski definition) is 5. The summed E-state index contributed by atoms with van der Waals surface area (Å²) in [5.41, 5.74) is 6.83. The van der Waals surface area contributed by atoms with E-state index in [1.807, 2.05) is 48.5 Å². The Kier molecular flexibility index (Phi) is 5.19. The van der Waals surface area contributed by atoms with Crippen molar-refractivity contribution < 1.29 is 14.3 Å². The number of imidazole rings is 1. The third-order valence-corrected chi connectivity index (χ3v) is 6.29. The molecular weight excluding hydrogens is 438 g/mol. The number of ether oxygens (including phenoxy) is 2. The van der Waals surface area contributed by atoms with E-state index in [1.165, 1.54) is 7.11 Å². The molecule has 0 aliphatic carbocycles. The molecule has 0 spiro atoms. The van der Waals surface area contributed by atoms with Crippen LogP contribution >= 0.6 is 0 Å². The van der Waals surface area contributed by atoms with Gasteiger partial charge in [0.2, 0.25) is 0 Å². The fourth-order valence-corrected chi connectivity index (χ4v) is 4.51. The van der Waals surface area contributed by atoms with Crippen molar-refractivity contribution in [3.63, 3.8) is 0 Å². The summed E-state index contributed by atoms with van der Waals surface area (Å²) >= 11 is 0. The number of para-hydroxylation sites is 3. The molecule has 6 heteroatoms. The number of nitrogens with zero attached hydrogens (tertiary/aromatic N) is 2. The number of esters is 1. The first-order chi connectivity index (χ1) is 17.2. The fourth-order valence-electron chi connectivity index (χ4n) is 4.51. The molecule has 0 saturated heterocycles. The molecule has 6 nitrogen and oxygen atoms in total. The SMILES string of the molecule is COC(=O)c1ccc(COc2ccc(C3Nc4ccccc4-c4nc5ccccc5n43)cc2)cc1. The molecule has 172 valence electrons. The Balaban J connectivity index is 1.26. The van der Waals surface area contributed by atoms with E-state index in [2.05, 4.69) is 46.3 Å². The summed E-state index contributed by atoms with van der Waals surface area (Å²) in [6.07, 6.45) is -0.0905. The van der Waals surface area contributed by atoms with Crippen LogP contribution in [0.25, 0.3) is 22.4 Å². The Morgan fingerprint density at radius 2 is 1.66 bits per heavy atom. The molecule has 2 heterocycles. The average Bonchev–Trinajstić information content (AvgIpc) is 3.32. The van der Waals surface area contributed by atoms with Gasteiger partial charge in [0, 0.05) is 11.3 Å². The van der Waals surface area contributed by atoms with E-state index in [1.54, 1.807) is 12.1 Å². The minimum atomic E-state index is -0.346. The zero-order chi connectivity index (χ0) is 23.8. The van der Waals surface area contributed by atoms with Gasteiger partial charge >= 0.3 is 5.97 Å². The van der Waals surface area contributed by atoms with Crippen molar-refractivity contribution in [1.82, 2.24) is 9.55 Å². The second kappa shape index (κ2) is 8.65. The van der Waals surface area contributed by atoms with E-state index < -0.39 is 0 Å². The van der Waals surface area contributed by atoms with Crippen LogP contribution in [0.2, 0.25) is 0 Å². The summed E-state index contributed by atoms with van der Waals surface area (Å²) in [6.45, 7) is 0.409. The number of carbonyl (C=O) groups is 1. The molecular formula is C29H23N3O3. The van der Waals surface area contributed by atoms with Gasteiger partial charge in [-0.3, -0.25) is 4.57 Å². The molecule has 1 unspecified atom stereocenters. The first-order valence-corrected chi connectivity index (χ1v) is 11.4. The minimum Gasteiger partial charge on any atom is -0.489 e. The molecule has 0 bridgehead atoms. The van der Waals surface area contributed by atoms with Crippen LogP contribution in [0.1, 0.15) is 27.7 Å². The molecule has 35 heavy (non-hydrogen) atoms. The predicted molar refractivity (Wildman–Crippen MR) is 135 cm³/mol. The molecule has 0 fully saturated rings. The zero-order valence-corrected chi connectivity index (χ0v) is 19.1. The summed E-state index contributed by atoms with van der Waals surface area (Å²) in [7, 11) is 1.38. The third kappa shape index (κ3) is 3.79. The molecule has 5 aromatic rings. The number of nitrogens with one attached hydrogen (secondary N) is 1. The van der Waals surface area contributed by atoms with Crippen LogP contribution < -0.4 is 10.1 Å². The van der Waals surface area contributed by atoms with Gasteiger partial charge in [-0.05, 0) is 59.7 Å². The quantitative estimate of drug-likeness (QED) is 0.323. The van der Waals surface area contributed by atoms with E-state index in [0.717, 1.165) is 45.0 Å². The molecule has 0 radical (unpaired) electrons. The first kappa shape index (κ1) is 21.0. The highest BCUT2D eigenvalue weighted by molar-refractivity contribution is 5.89. The maximum Gasteiger partial charge on any atom is 0.337 e. The van der Waals surface area contributed by atoms with Gasteiger partial charge in [0.15, 0.2) is 0 Å². The van der Waals surface area contributed by atoms with Crippen molar-refractivity contribution >= 4 is 22.7 Å². The van der Waals surface area contributed by atoms with E-state index >= 15 is 0 Å². The third-order valence-electron chi connectivity index (χ3n) is 6.29. The molecule has 1 N–H and O–H groups in total. The molecule has 1 aromatic heterocycles. The molecule has 6 rings (SSSR count). The van der Waals surface area contributed by atoms with Gasteiger partial charge in [-0.15, -0.1) is 0 Å². The molecule has 0 amide bonds. The van der Waals surface area contributed by atoms with E-state index in [9.17, 15) is 4.79 Å². The maximum atomic E-state index is 11.6. The highest BCUT2D eigenvalue weighted by atomic mass is 16.5. The second-order valence-electron chi connectivity index (χ2n) is 8.43. The van der Waals surface area contributed by atoms with E-state index in [-0.39, 0.29) is 12.1 Å². The van der Waals surface area contributed by atoms with Crippen molar-refractivity contribution in [2.45, 2.75) is 12.8 Å². The van der Waals surface area contributed by atoms with Crippen LogP contribution in [0.4, 0.5) is 5.69 Å². The van der Waals surface area contributed by atoms with Gasteiger partial charge in [-0.2, -0.15) is 0 Å². The number of hydrogen-bond donors (Lipinski definition) is 1. The number of fused-ring (bicyclic) bond motifs is 5. The monoisotopic (exact) mass is 461 g/mol. The lowest BCUT2D eigenvalue weighted by Gasteiger charge is -2.30. The van der Waals surface area contributed by atoms with Gasteiger partial charge < -0.3 is 14.8 Å². The van der Waals surface area contributed by atoms with Crippen LogP contribution in [-0.4, -0.2) is 22.6 Å². The smallest absolute Gasteiger partial charge is 0.337 e. The number of aromatic nitrogens is 2. The highest BCUT2D eigenvalue weighted by Gasteiger charge is 2.27. The van der Waals surface area contributed by atoms with Crippen molar-refractivity contribution in [2.75, 3.05) is 12.4 Å². The summed E-state index contributed by atoms with van der Waals surface area (Å²) in [6, 6.07) is 31.9. The topological polar surface area (TPSA) is 65.4 Å². The number of carbonyl (C=O) groups excluding carboxylic acids is 1. The molecule has 1 aliphatic heterocycles. The van der Waals surface area contributed by atoms with Crippen molar-refractivity contribution in [3.05, 3.63) is 114 Å². The van der Waals surface area contributed by atoms with Gasteiger partial charge in [-0.25, -0.2) is 9.78 Å². The fraction of sp³-hybridized carbons (Fsp3) is 0.103. The normalized spacial score (nSPS) is 14.0. The largest absolute Gasteiger partial charge is 0.489 e. The predicted octanol–water partition coefficient (Wildman–Crippen LogP) is 6.04. The van der Waals surface area contributed by atoms with Gasteiger partial charge in [0.05, 0.1) is 23.7 Å². The summed E-state index contributed by atoms with van der Waals surface area (Å²) in [4.78, 5) is 16.5. The Morgan fingerprint density at radius 3 is 2.46 bits per heavy atom. The van der Waals surface area contributed by atoms with Crippen LogP contribution in [-0.2, 0) is 11.3 Å². The molecule has 1 atom stereocenters. The number of methoxy groups -OCH3 is 1. The van der Waals surface area contributed by atoms with Crippen molar-refractivity contribution in [2.24, 2.45) is 0 Å². The van der Waals surface area contributed by atoms with E-state index in [4.69, 9.17) is 14.5 Å². The molecule has 4 aromatic carbocycles. The number of rotatable bonds is 5. The Morgan fingerprint density at radius 1 is 0.914 bits per heavy atom. The second-order valence-corrected chi connectivity index (χ2v) is 8.43. The average molecular weight is 462 g/mol. The summed E-state index contributed by atoms with van der Waals surface area (Å²) < 4.78 is 13.0. The Bertz CT molecular complexity index is 1520. The van der Waals surface area contributed by atoms with Crippen LogP contribution in [0.3, 0.4) is 0 Å². The number of benzene rings is 4. The highest BCUT2D eigenvalue weighted by Crippen LogP contribution is 2.40. The summed E-state index contributed by atoms with van der Waals surface area (Å²) in [5, 5.41) is 3.69. The summed E-state index contributed by atoms with van der Waals surface area (Å²) in [5.74, 6) is 1.39. The minimum absolute atomic E-state index is 0.0905.